The Labute approximate surface area is 164 Å². The Balaban J connectivity index is 2.07. The van der Waals surface area contributed by atoms with Crippen LogP contribution in [0.5, 0.6) is 0 Å². The molecule has 1 unspecified atom stereocenters. The Bertz CT molecular complexity index is 690. The maximum atomic E-state index is 13.9. The van der Waals surface area contributed by atoms with Crippen LogP contribution in [0.25, 0.3) is 0 Å². The number of piperidine rings is 1. The first-order valence-electron chi connectivity index (χ1n) is 9.51. The number of carbonyl (C=O) groups is 3. The normalized spacial score (nSPS) is 15.8. The number of halogens is 1. The van der Waals surface area contributed by atoms with Crippen molar-refractivity contribution in [2.75, 3.05) is 33.4 Å². The third-order valence-electron chi connectivity index (χ3n) is 4.97. The lowest BCUT2D eigenvalue weighted by Crippen LogP contribution is -2.54. The Morgan fingerprint density at radius 1 is 1.25 bits per heavy atom. The van der Waals surface area contributed by atoms with Gasteiger partial charge in [0.05, 0.1) is 5.56 Å². The first-order chi connectivity index (χ1) is 13.4. The topological polar surface area (TPSA) is 87.7 Å². The van der Waals surface area contributed by atoms with Gasteiger partial charge in [-0.05, 0) is 37.3 Å². The summed E-state index contributed by atoms with van der Waals surface area (Å²) in [7, 11) is 1.59. The molecule has 1 heterocycles. The lowest BCUT2D eigenvalue weighted by molar-refractivity contribution is -0.130. The average molecular weight is 393 g/mol. The van der Waals surface area contributed by atoms with Crippen LogP contribution in [0, 0.1) is 11.7 Å². The van der Waals surface area contributed by atoms with Crippen LogP contribution in [0.1, 0.15) is 36.5 Å². The number of hydrogen-bond acceptors (Lipinski definition) is 4. The van der Waals surface area contributed by atoms with Gasteiger partial charge in [0.1, 0.15) is 11.9 Å². The zero-order valence-corrected chi connectivity index (χ0v) is 16.4. The van der Waals surface area contributed by atoms with Crippen molar-refractivity contribution in [3.63, 3.8) is 0 Å². The summed E-state index contributed by atoms with van der Waals surface area (Å²) in [4.78, 5) is 38.5. The Hall–Kier alpha value is -2.48. The number of amides is 3. The predicted octanol–water partition coefficient (Wildman–Crippen LogP) is 1.34. The molecule has 0 bridgehead atoms. The van der Waals surface area contributed by atoms with E-state index in [0.29, 0.717) is 45.5 Å². The van der Waals surface area contributed by atoms with E-state index >= 15 is 0 Å². The summed E-state index contributed by atoms with van der Waals surface area (Å²) < 4.78 is 18.9. The predicted molar refractivity (Wildman–Crippen MR) is 102 cm³/mol. The van der Waals surface area contributed by atoms with Crippen LogP contribution < -0.4 is 10.6 Å². The SMILES string of the molecule is COCCCNC(=O)C(NC(=O)c1ccccc1F)C1CCN(C(C)=O)CC1. The van der Waals surface area contributed by atoms with Gasteiger partial charge in [-0.15, -0.1) is 0 Å². The van der Waals surface area contributed by atoms with E-state index in [1.54, 1.807) is 18.1 Å². The molecule has 0 aromatic heterocycles. The summed E-state index contributed by atoms with van der Waals surface area (Å²) in [5, 5.41) is 5.52. The van der Waals surface area contributed by atoms with Crippen molar-refractivity contribution < 1.29 is 23.5 Å². The van der Waals surface area contributed by atoms with Gasteiger partial charge in [-0.3, -0.25) is 14.4 Å². The molecule has 1 aliphatic rings. The second-order valence-corrected chi connectivity index (χ2v) is 6.91. The third kappa shape index (κ3) is 6.02. The van der Waals surface area contributed by atoms with Gasteiger partial charge >= 0.3 is 0 Å². The molecule has 0 radical (unpaired) electrons. The monoisotopic (exact) mass is 393 g/mol. The molecule has 1 fully saturated rings. The molecular weight excluding hydrogens is 365 g/mol. The number of likely N-dealkylation sites (tertiary alicyclic amines) is 1. The van der Waals surface area contributed by atoms with Crippen molar-refractivity contribution in [3.8, 4) is 0 Å². The molecule has 1 aliphatic heterocycles. The number of methoxy groups -OCH3 is 1. The number of rotatable bonds is 8. The van der Waals surface area contributed by atoms with Crippen molar-refractivity contribution >= 4 is 17.7 Å². The standard InChI is InChI=1S/C20H28FN3O4/c1-14(25)24-11-8-15(9-12-24)18(20(27)22-10-5-13-28-2)23-19(26)16-6-3-4-7-17(16)21/h3-4,6-7,15,18H,5,8-13H2,1-2H3,(H,22,27)(H,23,26). The summed E-state index contributed by atoms with van der Waals surface area (Å²) in [6.45, 7) is 3.51. The lowest BCUT2D eigenvalue weighted by Gasteiger charge is -2.35. The van der Waals surface area contributed by atoms with Gasteiger partial charge in [0.2, 0.25) is 11.8 Å². The maximum absolute atomic E-state index is 13.9. The van der Waals surface area contributed by atoms with Gasteiger partial charge < -0.3 is 20.3 Å². The molecule has 0 saturated carbocycles. The molecule has 2 rings (SSSR count). The van der Waals surface area contributed by atoms with Gasteiger partial charge in [0, 0.05) is 40.3 Å². The number of carbonyl (C=O) groups excluding carboxylic acids is 3. The minimum Gasteiger partial charge on any atom is -0.385 e. The fourth-order valence-corrected chi connectivity index (χ4v) is 3.35. The molecule has 0 aliphatic carbocycles. The second kappa shape index (κ2) is 10.8. The highest BCUT2D eigenvalue weighted by Gasteiger charge is 2.33. The Morgan fingerprint density at radius 2 is 1.93 bits per heavy atom. The van der Waals surface area contributed by atoms with Crippen molar-refractivity contribution in [1.82, 2.24) is 15.5 Å². The molecule has 1 saturated heterocycles. The smallest absolute Gasteiger partial charge is 0.254 e. The van der Waals surface area contributed by atoms with Crippen molar-refractivity contribution in [2.45, 2.75) is 32.2 Å². The number of hydrogen-bond donors (Lipinski definition) is 2. The van der Waals surface area contributed by atoms with E-state index in [9.17, 15) is 18.8 Å². The van der Waals surface area contributed by atoms with Crippen LogP contribution in [-0.2, 0) is 14.3 Å². The summed E-state index contributed by atoms with van der Waals surface area (Å²) >= 11 is 0. The fourth-order valence-electron chi connectivity index (χ4n) is 3.35. The molecule has 1 aromatic rings. The Morgan fingerprint density at radius 3 is 2.54 bits per heavy atom. The van der Waals surface area contributed by atoms with Crippen molar-refractivity contribution in [1.29, 1.82) is 0 Å². The first kappa shape index (κ1) is 21.8. The molecule has 8 heteroatoms. The van der Waals surface area contributed by atoms with Gasteiger partial charge in [-0.1, -0.05) is 12.1 Å². The largest absolute Gasteiger partial charge is 0.385 e. The van der Waals surface area contributed by atoms with Crippen molar-refractivity contribution in [2.24, 2.45) is 5.92 Å². The average Bonchev–Trinajstić information content (AvgIpc) is 2.69. The van der Waals surface area contributed by atoms with Crippen LogP contribution in [0.3, 0.4) is 0 Å². The van der Waals surface area contributed by atoms with E-state index in [0.717, 1.165) is 0 Å². The summed E-state index contributed by atoms with van der Waals surface area (Å²) in [5.74, 6) is -1.69. The van der Waals surface area contributed by atoms with E-state index in [4.69, 9.17) is 4.74 Å². The third-order valence-corrected chi connectivity index (χ3v) is 4.97. The summed E-state index contributed by atoms with van der Waals surface area (Å²) in [6.07, 6.45) is 1.83. The zero-order chi connectivity index (χ0) is 20.5. The fraction of sp³-hybridized carbons (Fsp3) is 0.550. The van der Waals surface area contributed by atoms with E-state index in [1.165, 1.54) is 25.1 Å². The van der Waals surface area contributed by atoms with Crippen LogP contribution in [-0.4, -0.2) is 62.0 Å². The molecule has 154 valence electrons. The van der Waals surface area contributed by atoms with Gasteiger partial charge in [-0.25, -0.2) is 4.39 Å². The number of ether oxygens (including phenoxy) is 1. The van der Waals surface area contributed by atoms with Crippen molar-refractivity contribution in [3.05, 3.63) is 35.6 Å². The van der Waals surface area contributed by atoms with Gasteiger partial charge in [-0.2, -0.15) is 0 Å². The van der Waals surface area contributed by atoms with Crippen LogP contribution in [0.15, 0.2) is 24.3 Å². The van der Waals surface area contributed by atoms with E-state index in [2.05, 4.69) is 10.6 Å². The molecule has 1 aromatic carbocycles. The van der Waals surface area contributed by atoms with Gasteiger partial charge in [0.15, 0.2) is 0 Å². The highest BCUT2D eigenvalue weighted by molar-refractivity contribution is 5.97. The zero-order valence-electron chi connectivity index (χ0n) is 16.4. The highest BCUT2D eigenvalue weighted by Crippen LogP contribution is 2.22. The minimum atomic E-state index is -0.788. The molecule has 3 amide bonds. The molecule has 28 heavy (non-hydrogen) atoms. The summed E-state index contributed by atoms with van der Waals surface area (Å²) in [6, 6.07) is 4.88. The number of nitrogens with one attached hydrogen (secondary N) is 2. The minimum absolute atomic E-state index is 0.00518. The molecule has 0 spiro atoms. The Kier molecular flexibility index (Phi) is 8.38. The van der Waals surface area contributed by atoms with E-state index in [-0.39, 0.29) is 23.3 Å². The van der Waals surface area contributed by atoms with E-state index < -0.39 is 17.8 Å². The number of nitrogens with zero attached hydrogens (tertiary/aromatic N) is 1. The second-order valence-electron chi connectivity index (χ2n) is 6.91. The highest BCUT2D eigenvalue weighted by atomic mass is 19.1. The molecular formula is C20H28FN3O4. The van der Waals surface area contributed by atoms with E-state index in [1.807, 2.05) is 0 Å². The molecule has 7 nitrogen and oxygen atoms in total. The van der Waals surface area contributed by atoms with Crippen LogP contribution in [0.4, 0.5) is 4.39 Å². The first-order valence-corrected chi connectivity index (χ1v) is 9.51. The lowest BCUT2D eigenvalue weighted by atomic mass is 9.88. The number of benzene rings is 1. The van der Waals surface area contributed by atoms with Crippen LogP contribution >= 0.6 is 0 Å². The van der Waals surface area contributed by atoms with Gasteiger partial charge in [0.25, 0.3) is 5.91 Å². The quantitative estimate of drug-likeness (QED) is 0.653. The molecule has 1 atom stereocenters. The summed E-state index contributed by atoms with van der Waals surface area (Å²) in [5.41, 5.74) is -0.0964. The maximum Gasteiger partial charge on any atom is 0.254 e. The van der Waals surface area contributed by atoms with Crippen LogP contribution in [0.2, 0.25) is 0 Å². The molecule has 2 N–H and O–H groups in total.